The summed E-state index contributed by atoms with van der Waals surface area (Å²) in [5.41, 5.74) is 3.44. The Hall–Kier alpha value is -2.21. The molecule has 108 valence electrons. The minimum Gasteiger partial charge on any atom is -0.296 e. The van der Waals surface area contributed by atoms with Gasteiger partial charge in [0.2, 0.25) is 0 Å². The highest BCUT2D eigenvalue weighted by molar-refractivity contribution is 7.22. The van der Waals surface area contributed by atoms with Gasteiger partial charge in [-0.2, -0.15) is 5.10 Å². The molecule has 5 nitrogen and oxygen atoms in total. The first-order chi connectivity index (χ1) is 10.1. The van der Waals surface area contributed by atoms with Gasteiger partial charge in [0.05, 0.1) is 10.2 Å². The molecule has 0 saturated heterocycles. The second-order valence-electron chi connectivity index (χ2n) is 4.88. The average molecular weight is 300 g/mol. The molecule has 3 aromatic rings. The number of benzene rings is 1. The van der Waals surface area contributed by atoms with Gasteiger partial charge < -0.3 is 0 Å². The summed E-state index contributed by atoms with van der Waals surface area (Å²) in [4.78, 5) is 16.7. The van der Waals surface area contributed by atoms with Gasteiger partial charge in [-0.3, -0.25) is 14.8 Å². The average Bonchev–Trinajstić information content (AvgIpc) is 3.02. The molecule has 0 aliphatic heterocycles. The first-order valence-electron chi connectivity index (χ1n) is 6.80. The molecule has 0 saturated carbocycles. The maximum absolute atomic E-state index is 12.2. The van der Waals surface area contributed by atoms with E-state index in [9.17, 15) is 4.79 Å². The zero-order valence-electron chi connectivity index (χ0n) is 12.2. The summed E-state index contributed by atoms with van der Waals surface area (Å²) in [5, 5.41) is 7.71. The number of carbonyl (C=O) groups is 1. The fraction of sp³-hybridized carbons (Fsp3) is 0.267. The summed E-state index contributed by atoms with van der Waals surface area (Å²) in [6.07, 6.45) is 0. The molecule has 0 unspecified atom stereocenters. The minimum atomic E-state index is -0.220. The number of anilines is 1. The van der Waals surface area contributed by atoms with Crippen LogP contribution in [-0.4, -0.2) is 20.7 Å². The van der Waals surface area contributed by atoms with Gasteiger partial charge in [-0.05, 0) is 38.5 Å². The Kier molecular flexibility index (Phi) is 3.47. The van der Waals surface area contributed by atoms with Crippen molar-refractivity contribution in [1.29, 1.82) is 0 Å². The van der Waals surface area contributed by atoms with Crippen molar-refractivity contribution in [2.45, 2.75) is 27.3 Å². The molecule has 1 amide bonds. The predicted molar refractivity (Wildman–Crippen MR) is 84.9 cm³/mol. The Morgan fingerprint density at radius 3 is 2.86 bits per heavy atom. The highest BCUT2D eigenvalue weighted by atomic mass is 32.1. The summed E-state index contributed by atoms with van der Waals surface area (Å²) < 4.78 is 2.87. The summed E-state index contributed by atoms with van der Waals surface area (Å²) >= 11 is 1.47. The second kappa shape index (κ2) is 5.29. The summed E-state index contributed by atoms with van der Waals surface area (Å²) in [7, 11) is 0. The van der Waals surface area contributed by atoms with Crippen molar-refractivity contribution < 1.29 is 4.79 Å². The molecule has 0 aliphatic rings. The second-order valence-corrected chi connectivity index (χ2v) is 5.91. The van der Waals surface area contributed by atoms with Crippen molar-refractivity contribution >= 4 is 32.6 Å². The lowest BCUT2D eigenvalue weighted by molar-refractivity contribution is 0.102. The Morgan fingerprint density at radius 1 is 1.38 bits per heavy atom. The van der Waals surface area contributed by atoms with Gasteiger partial charge in [0.25, 0.3) is 5.91 Å². The molecule has 0 bridgehead atoms. The molecule has 0 radical (unpaired) electrons. The third-order valence-corrected chi connectivity index (χ3v) is 4.29. The maximum atomic E-state index is 12.2. The van der Waals surface area contributed by atoms with Crippen LogP contribution < -0.4 is 5.32 Å². The van der Waals surface area contributed by atoms with Crippen molar-refractivity contribution in [3.05, 3.63) is 41.2 Å². The van der Waals surface area contributed by atoms with Crippen LogP contribution in [0, 0.1) is 13.8 Å². The molecular weight excluding hydrogens is 284 g/mol. The fourth-order valence-corrected chi connectivity index (χ4v) is 3.18. The first kappa shape index (κ1) is 13.8. The molecule has 1 N–H and O–H groups in total. The molecule has 0 spiro atoms. The van der Waals surface area contributed by atoms with Gasteiger partial charge in [0, 0.05) is 12.2 Å². The van der Waals surface area contributed by atoms with E-state index >= 15 is 0 Å². The highest BCUT2D eigenvalue weighted by Gasteiger charge is 2.14. The van der Waals surface area contributed by atoms with Crippen LogP contribution in [0.15, 0.2) is 24.3 Å². The van der Waals surface area contributed by atoms with Crippen molar-refractivity contribution in [2.75, 3.05) is 5.32 Å². The number of thiazole rings is 1. The molecule has 21 heavy (non-hydrogen) atoms. The standard InChI is InChI=1S/C15H16N4OS/c1-4-19-10(3)8-11(18-19)14(20)17-15-16-13-9(2)6-5-7-12(13)21-15/h5-8H,4H2,1-3H3,(H,16,17,20). The van der Waals surface area contributed by atoms with Gasteiger partial charge >= 0.3 is 0 Å². The summed E-state index contributed by atoms with van der Waals surface area (Å²) in [6.45, 7) is 6.70. The number of nitrogens with zero attached hydrogens (tertiary/aromatic N) is 3. The third-order valence-electron chi connectivity index (χ3n) is 3.35. The van der Waals surface area contributed by atoms with Crippen molar-refractivity contribution in [3.63, 3.8) is 0 Å². The highest BCUT2D eigenvalue weighted by Crippen LogP contribution is 2.28. The monoisotopic (exact) mass is 300 g/mol. The van der Waals surface area contributed by atoms with Crippen LogP contribution in [0.3, 0.4) is 0 Å². The Balaban J connectivity index is 1.87. The van der Waals surface area contributed by atoms with E-state index in [1.807, 2.05) is 39.0 Å². The summed E-state index contributed by atoms with van der Waals surface area (Å²) in [6, 6.07) is 7.80. The van der Waals surface area contributed by atoms with Crippen LogP contribution in [0.2, 0.25) is 0 Å². The number of rotatable bonds is 3. The molecule has 0 aliphatic carbocycles. The third kappa shape index (κ3) is 2.54. The van der Waals surface area contributed by atoms with Crippen LogP contribution >= 0.6 is 11.3 Å². The van der Waals surface area contributed by atoms with Gasteiger partial charge in [0.15, 0.2) is 10.8 Å². The smallest absolute Gasteiger partial charge is 0.277 e. The Morgan fingerprint density at radius 2 is 2.19 bits per heavy atom. The van der Waals surface area contributed by atoms with Crippen molar-refractivity contribution in [3.8, 4) is 0 Å². The Labute approximate surface area is 126 Å². The lowest BCUT2D eigenvalue weighted by Gasteiger charge is -1.98. The van der Waals surface area contributed by atoms with Gasteiger partial charge in [-0.25, -0.2) is 4.98 Å². The molecule has 2 heterocycles. The van der Waals surface area contributed by atoms with E-state index in [0.717, 1.165) is 28.0 Å². The van der Waals surface area contributed by atoms with E-state index in [1.165, 1.54) is 11.3 Å². The lowest BCUT2D eigenvalue weighted by Crippen LogP contribution is -2.13. The molecule has 2 aromatic heterocycles. The van der Waals surface area contributed by atoms with E-state index in [4.69, 9.17) is 0 Å². The van der Waals surface area contributed by atoms with Gasteiger partial charge in [-0.1, -0.05) is 23.5 Å². The van der Waals surface area contributed by atoms with Crippen LogP contribution in [-0.2, 0) is 6.54 Å². The van der Waals surface area contributed by atoms with Crippen LogP contribution in [0.25, 0.3) is 10.2 Å². The Bertz CT molecular complexity index is 818. The SMILES string of the molecule is CCn1nc(C(=O)Nc2nc3c(C)cccc3s2)cc1C. The lowest BCUT2D eigenvalue weighted by atomic mass is 10.2. The molecule has 0 atom stereocenters. The van der Waals surface area contributed by atoms with E-state index in [2.05, 4.69) is 15.4 Å². The maximum Gasteiger partial charge on any atom is 0.277 e. The van der Waals surface area contributed by atoms with Crippen LogP contribution in [0.1, 0.15) is 28.7 Å². The van der Waals surface area contributed by atoms with Crippen LogP contribution in [0.5, 0.6) is 0 Å². The number of fused-ring (bicyclic) bond motifs is 1. The number of para-hydroxylation sites is 1. The van der Waals surface area contributed by atoms with Gasteiger partial charge in [-0.15, -0.1) is 0 Å². The summed E-state index contributed by atoms with van der Waals surface area (Å²) in [5.74, 6) is -0.220. The number of carbonyl (C=O) groups excluding carboxylic acids is 1. The number of hydrogen-bond donors (Lipinski definition) is 1. The van der Waals surface area contributed by atoms with Gasteiger partial charge in [0.1, 0.15) is 0 Å². The van der Waals surface area contributed by atoms with Crippen molar-refractivity contribution in [1.82, 2.24) is 14.8 Å². The molecule has 6 heteroatoms. The first-order valence-corrected chi connectivity index (χ1v) is 7.62. The largest absolute Gasteiger partial charge is 0.296 e. The van der Waals surface area contributed by atoms with E-state index < -0.39 is 0 Å². The van der Waals surface area contributed by atoms with E-state index in [0.29, 0.717) is 10.8 Å². The fourth-order valence-electron chi connectivity index (χ4n) is 2.24. The topological polar surface area (TPSA) is 59.8 Å². The molecular formula is C15H16N4OS. The predicted octanol–water partition coefficient (Wildman–Crippen LogP) is 3.38. The molecule has 0 fully saturated rings. The van der Waals surface area contributed by atoms with E-state index in [1.54, 1.807) is 10.7 Å². The van der Waals surface area contributed by atoms with Crippen LogP contribution in [0.4, 0.5) is 5.13 Å². The number of amides is 1. The van der Waals surface area contributed by atoms with E-state index in [-0.39, 0.29) is 5.91 Å². The number of nitrogens with one attached hydrogen (secondary N) is 1. The van der Waals surface area contributed by atoms with Crippen molar-refractivity contribution in [2.24, 2.45) is 0 Å². The quantitative estimate of drug-likeness (QED) is 0.806. The molecule has 1 aromatic carbocycles. The zero-order chi connectivity index (χ0) is 15.0. The normalized spacial score (nSPS) is 11.0. The number of hydrogen-bond acceptors (Lipinski definition) is 4. The molecule has 3 rings (SSSR count). The number of aromatic nitrogens is 3. The number of aryl methyl sites for hydroxylation is 3. The minimum absolute atomic E-state index is 0.220. The zero-order valence-corrected chi connectivity index (χ0v) is 13.0.